The summed E-state index contributed by atoms with van der Waals surface area (Å²) in [6, 6.07) is 0. The van der Waals surface area contributed by atoms with Gasteiger partial charge < -0.3 is 15.2 Å². The number of aliphatic hydroxyl groups excluding tert-OH is 1. The summed E-state index contributed by atoms with van der Waals surface area (Å²) < 4.78 is 4.45. The van der Waals surface area contributed by atoms with E-state index in [4.69, 9.17) is 5.11 Å². The van der Waals surface area contributed by atoms with Crippen LogP contribution in [-0.4, -0.2) is 30.1 Å². The van der Waals surface area contributed by atoms with Gasteiger partial charge in [0.05, 0.1) is 0 Å². The Morgan fingerprint density at radius 2 is 2.38 bits per heavy atom. The topological polar surface area (TPSA) is 75.6 Å². The van der Waals surface area contributed by atoms with Crippen molar-refractivity contribution < 1.29 is 19.4 Å². The lowest BCUT2D eigenvalue weighted by atomic mass is 10.2. The predicted octanol–water partition coefficient (Wildman–Crippen LogP) is -0.119. The number of cyclic esters (lactones) is 1. The molecule has 1 rings (SSSR count). The van der Waals surface area contributed by atoms with Crippen LogP contribution in [0.1, 0.15) is 13.3 Å². The molecule has 0 unspecified atom stereocenters. The molecule has 72 valence electrons. The number of esters is 1. The number of aliphatic hydroxyl groups is 1. The highest BCUT2D eigenvalue weighted by molar-refractivity contribution is 6.17. The average molecular weight is 185 g/mol. The smallest absolute Gasteiger partial charge is 0.347 e. The molecule has 0 aromatic heterocycles. The van der Waals surface area contributed by atoms with Gasteiger partial charge in [0, 0.05) is 6.54 Å². The number of rotatable bonds is 3. The zero-order chi connectivity index (χ0) is 9.84. The van der Waals surface area contributed by atoms with Crippen molar-refractivity contribution in [3.05, 3.63) is 11.3 Å². The summed E-state index contributed by atoms with van der Waals surface area (Å²) in [7, 11) is 0. The number of hydrogen-bond acceptors (Lipinski definition) is 4. The van der Waals surface area contributed by atoms with Gasteiger partial charge in [-0.3, -0.25) is 4.79 Å². The number of hydrogen-bond donors (Lipinski definition) is 2. The monoisotopic (exact) mass is 185 g/mol. The molecule has 0 fully saturated rings. The Balaban J connectivity index is 2.65. The second-order valence-electron chi connectivity index (χ2n) is 2.65. The number of carbonyl (C=O) groups is 2. The van der Waals surface area contributed by atoms with Crippen LogP contribution in [0, 0.1) is 0 Å². The third-order valence-electron chi connectivity index (χ3n) is 1.60. The van der Waals surface area contributed by atoms with E-state index in [1.165, 1.54) is 0 Å². The van der Waals surface area contributed by atoms with E-state index >= 15 is 0 Å². The molecule has 0 bridgehead atoms. The van der Waals surface area contributed by atoms with Crippen LogP contribution in [0.4, 0.5) is 0 Å². The fourth-order valence-corrected chi connectivity index (χ4v) is 0.947. The van der Waals surface area contributed by atoms with E-state index in [0.717, 1.165) is 6.42 Å². The van der Waals surface area contributed by atoms with Gasteiger partial charge in [-0.25, -0.2) is 4.79 Å². The summed E-state index contributed by atoms with van der Waals surface area (Å²) in [6.07, 6.45) is 0.773. The first-order valence-electron chi connectivity index (χ1n) is 4.04. The largest absolute Gasteiger partial charge is 0.508 e. The lowest BCUT2D eigenvalue weighted by molar-refractivity contribution is -0.137. The van der Waals surface area contributed by atoms with E-state index in [0.29, 0.717) is 6.54 Å². The van der Waals surface area contributed by atoms with Gasteiger partial charge in [0.2, 0.25) is 0 Å². The van der Waals surface area contributed by atoms with Crippen molar-refractivity contribution in [3.63, 3.8) is 0 Å². The fourth-order valence-electron chi connectivity index (χ4n) is 0.947. The van der Waals surface area contributed by atoms with Crippen molar-refractivity contribution in [2.75, 3.05) is 13.2 Å². The van der Waals surface area contributed by atoms with Crippen molar-refractivity contribution in [2.45, 2.75) is 13.3 Å². The zero-order valence-corrected chi connectivity index (χ0v) is 7.29. The summed E-state index contributed by atoms with van der Waals surface area (Å²) in [6.45, 7) is 2.16. The Labute approximate surface area is 75.4 Å². The molecule has 1 amide bonds. The standard InChI is InChI=1S/C8H11NO4/c1-2-3-9-7(11)6-5(10)4-13-8(6)12/h10H,2-4H2,1H3,(H,9,11). The Bertz CT molecular complexity index is 269. The van der Waals surface area contributed by atoms with E-state index < -0.39 is 11.9 Å². The Morgan fingerprint density at radius 3 is 2.85 bits per heavy atom. The van der Waals surface area contributed by atoms with Crippen molar-refractivity contribution in [1.29, 1.82) is 0 Å². The minimum Gasteiger partial charge on any atom is -0.508 e. The molecule has 5 nitrogen and oxygen atoms in total. The Kier molecular flexibility index (Phi) is 2.89. The summed E-state index contributed by atoms with van der Waals surface area (Å²) in [5.41, 5.74) is -0.270. The maximum Gasteiger partial charge on any atom is 0.347 e. The first kappa shape index (κ1) is 9.57. The van der Waals surface area contributed by atoms with E-state index in [1.807, 2.05) is 6.92 Å². The van der Waals surface area contributed by atoms with Crippen LogP contribution in [0.15, 0.2) is 11.3 Å². The highest BCUT2D eigenvalue weighted by atomic mass is 16.5. The molecule has 1 aliphatic heterocycles. The zero-order valence-electron chi connectivity index (χ0n) is 7.29. The van der Waals surface area contributed by atoms with Crippen LogP contribution < -0.4 is 5.32 Å². The van der Waals surface area contributed by atoms with Crippen LogP contribution in [0.5, 0.6) is 0 Å². The molecular weight excluding hydrogens is 174 g/mol. The molecular formula is C8H11NO4. The number of nitrogens with one attached hydrogen (secondary N) is 1. The number of ether oxygens (including phenoxy) is 1. The van der Waals surface area contributed by atoms with Crippen molar-refractivity contribution in [3.8, 4) is 0 Å². The van der Waals surface area contributed by atoms with Crippen molar-refractivity contribution in [1.82, 2.24) is 5.32 Å². The van der Waals surface area contributed by atoms with E-state index in [9.17, 15) is 9.59 Å². The number of amides is 1. The highest BCUT2D eigenvalue weighted by Crippen LogP contribution is 2.12. The van der Waals surface area contributed by atoms with Crippen LogP contribution in [0.3, 0.4) is 0 Å². The van der Waals surface area contributed by atoms with Crippen LogP contribution >= 0.6 is 0 Å². The van der Waals surface area contributed by atoms with E-state index in [-0.39, 0.29) is 17.9 Å². The molecule has 2 N–H and O–H groups in total. The van der Waals surface area contributed by atoms with Gasteiger partial charge >= 0.3 is 5.97 Å². The first-order chi connectivity index (χ1) is 6.16. The highest BCUT2D eigenvalue weighted by Gasteiger charge is 2.30. The fraction of sp³-hybridized carbons (Fsp3) is 0.500. The van der Waals surface area contributed by atoms with Gasteiger partial charge in [-0.15, -0.1) is 0 Å². The number of carbonyl (C=O) groups excluding carboxylic acids is 2. The first-order valence-corrected chi connectivity index (χ1v) is 4.04. The summed E-state index contributed by atoms with van der Waals surface area (Å²) in [5.74, 6) is -1.62. The third kappa shape index (κ3) is 1.99. The minimum absolute atomic E-state index is 0.201. The predicted molar refractivity (Wildman–Crippen MR) is 43.9 cm³/mol. The second-order valence-corrected chi connectivity index (χ2v) is 2.65. The van der Waals surface area contributed by atoms with Gasteiger partial charge in [0.25, 0.3) is 5.91 Å². The molecule has 1 heterocycles. The van der Waals surface area contributed by atoms with E-state index in [1.54, 1.807) is 0 Å². The molecule has 0 saturated heterocycles. The molecule has 0 radical (unpaired) electrons. The van der Waals surface area contributed by atoms with Crippen LogP contribution in [0.2, 0.25) is 0 Å². The molecule has 0 atom stereocenters. The molecule has 0 aromatic rings. The van der Waals surface area contributed by atoms with Crippen molar-refractivity contribution in [2.24, 2.45) is 0 Å². The van der Waals surface area contributed by atoms with E-state index in [2.05, 4.69) is 10.1 Å². The molecule has 0 aliphatic carbocycles. The van der Waals surface area contributed by atoms with Gasteiger partial charge in [0.15, 0.2) is 5.57 Å². The summed E-state index contributed by atoms with van der Waals surface area (Å²) >= 11 is 0. The van der Waals surface area contributed by atoms with Crippen molar-refractivity contribution >= 4 is 11.9 Å². The molecule has 13 heavy (non-hydrogen) atoms. The Hall–Kier alpha value is -1.52. The third-order valence-corrected chi connectivity index (χ3v) is 1.60. The molecule has 0 aromatic carbocycles. The van der Waals surface area contributed by atoms with Gasteiger partial charge in [0.1, 0.15) is 12.4 Å². The summed E-state index contributed by atoms with van der Waals surface area (Å²) in [4.78, 5) is 22.1. The lowest BCUT2D eigenvalue weighted by Gasteiger charge is -2.01. The maximum absolute atomic E-state index is 11.2. The van der Waals surface area contributed by atoms with Crippen LogP contribution in [0.25, 0.3) is 0 Å². The van der Waals surface area contributed by atoms with Gasteiger partial charge in [-0.2, -0.15) is 0 Å². The maximum atomic E-state index is 11.2. The average Bonchev–Trinajstić information content (AvgIpc) is 2.42. The molecule has 0 saturated carbocycles. The molecule has 0 spiro atoms. The normalized spacial score (nSPS) is 15.9. The van der Waals surface area contributed by atoms with Crippen LogP contribution in [-0.2, 0) is 14.3 Å². The minimum atomic E-state index is -0.758. The van der Waals surface area contributed by atoms with Gasteiger partial charge in [-0.1, -0.05) is 6.92 Å². The summed E-state index contributed by atoms with van der Waals surface area (Å²) in [5, 5.41) is 11.6. The quantitative estimate of drug-likeness (QED) is 0.475. The molecule has 1 aliphatic rings. The van der Waals surface area contributed by atoms with Gasteiger partial charge in [-0.05, 0) is 6.42 Å². The molecule has 5 heteroatoms. The SMILES string of the molecule is CCCNC(=O)C1=C(O)COC1=O. The lowest BCUT2D eigenvalue weighted by Crippen LogP contribution is -2.28. The second kappa shape index (κ2) is 3.93. The Morgan fingerprint density at radius 1 is 1.69 bits per heavy atom.